The summed E-state index contributed by atoms with van der Waals surface area (Å²) in [4.78, 5) is 2.91. The van der Waals surface area contributed by atoms with Crippen LogP contribution in [0.3, 0.4) is 0 Å². The summed E-state index contributed by atoms with van der Waals surface area (Å²) >= 11 is 6.30. The van der Waals surface area contributed by atoms with Crippen molar-refractivity contribution < 1.29 is 5.11 Å². The van der Waals surface area contributed by atoms with Crippen molar-refractivity contribution in [3.8, 4) is 0 Å². The number of nitrogens with one attached hydrogen (secondary N) is 1. The van der Waals surface area contributed by atoms with Gasteiger partial charge in [-0.1, -0.05) is 6.92 Å². The highest BCUT2D eigenvalue weighted by Gasteiger charge is 2.04. The molecule has 0 aliphatic rings. The van der Waals surface area contributed by atoms with E-state index in [1.54, 1.807) is 0 Å². The van der Waals surface area contributed by atoms with Crippen LogP contribution >= 0.6 is 23.6 Å². The molecule has 1 unspecified atom stereocenters. The Hall–Kier alpha value is -0.190. The fraction of sp³-hybridized carbons (Fsp3) is 0.500. The first kappa shape index (κ1) is 7.91. The van der Waals surface area contributed by atoms with Crippen LogP contribution in [0.2, 0.25) is 0 Å². The Morgan fingerprint density at radius 3 is 3.00 bits per heavy atom. The molecule has 2 nitrogen and oxygen atoms in total. The lowest BCUT2D eigenvalue weighted by Gasteiger charge is -2.01. The fourth-order valence-electron chi connectivity index (χ4n) is 0.676. The summed E-state index contributed by atoms with van der Waals surface area (Å²) in [5.41, 5.74) is 0.831. The lowest BCUT2D eigenvalue weighted by atomic mass is 10.2. The predicted molar refractivity (Wildman–Crippen MR) is 44.8 cm³/mol. The van der Waals surface area contributed by atoms with E-state index in [4.69, 9.17) is 12.2 Å². The molecule has 1 aromatic rings. The van der Waals surface area contributed by atoms with Gasteiger partial charge in [0.15, 0.2) is 3.95 Å². The zero-order chi connectivity index (χ0) is 7.56. The van der Waals surface area contributed by atoms with Crippen molar-refractivity contribution in [1.29, 1.82) is 0 Å². The summed E-state index contributed by atoms with van der Waals surface area (Å²) in [6, 6.07) is 0. The molecule has 0 bridgehead atoms. The van der Waals surface area contributed by atoms with E-state index in [1.165, 1.54) is 11.3 Å². The number of H-pyrrole nitrogens is 1. The number of hydrogen-bond donors (Lipinski definition) is 2. The molecule has 0 saturated heterocycles. The highest BCUT2D eigenvalue weighted by molar-refractivity contribution is 7.73. The Bertz CT molecular complexity index is 252. The van der Waals surface area contributed by atoms with Crippen molar-refractivity contribution in [1.82, 2.24) is 4.98 Å². The van der Waals surface area contributed by atoms with E-state index in [9.17, 15) is 5.11 Å². The molecule has 0 aromatic carbocycles. The smallest absolute Gasteiger partial charge is 0.158 e. The van der Waals surface area contributed by atoms with Gasteiger partial charge in [-0.3, -0.25) is 0 Å². The van der Waals surface area contributed by atoms with Gasteiger partial charge in [-0.2, -0.15) is 0 Å². The van der Waals surface area contributed by atoms with E-state index in [0.717, 1.165) is 16.1 Å². The lowest BCUT2D eigenvalue weighted by molar-refractivity contribution is 0.169. The Morgan fingerprint density at radius 2 is 2.60 bits per heavy atom. The molecule has 1 aromatic heterocycles. The van der Waals surface area contributed by atoms with E-state index in [1.807, 2.05) is 12.3 Å². The van der Waals surface area contributed by atoms with Gasteiger partial charge in [-0.05, 0) is 18.6 Å². The second kappa shape index (κ2) is 3.27. The molecule has 56 valence electrons. The SMILES string of the molecule is CCC(O)c1csc(=S)[nH]1. The molecule has 0 fully saturated rings. The summed E-state index contributed by atoms with van der Waals surface area (Å²) in [7, 11) is 0. The van der Waals surface area contributed by atoms with Crippen molar-refractivity contribution in [2.75, 3.05) is 0 Å². The van der Waals surface area contributed by atoms with Crippen LogP contribution in [0.5, 0.6) is 0 Å². The summed E-state index contributed by atoms with van der Waals surface area (Å²) < 4.78 is 0.725. The maximum Gasteiger partial charge on any atom is 0.158 e. The van der Waals surface area contributed by atoms with Gasteiger partial charge in [-0.25, -0.2) is 0 Å². The van der Waals surface area contributed by atoms with Crippen molar-refractivity contribution in [2.45, 2.75) is 19.4 Å². The molecule has 2 N–H and O–H groups in total. The number of aliphatic hydroxyl groups excluding tert-OH is 1. The summed E-state index contributed by atoms with van der Waals surface area (Å²) in [6.07, 6.45) is 0.343. The predicted octanol–water partition coefficient (Wildman–Crippen LogP) is 2.25. The molecule has 1 heterocycles. The number of hydrogen-bond acceptors (Lipinski definition) is 3. The number of thiazole rings is 1. The summed E-state index contributed by atoms with van der Waals surface area (Å²) in [5, 5.41) is 11.1. The molecule has 10 heavy (non-hydrogen) atoms. The third kappa shape index (κ3) is 1.65. The third-order valence-corrected chi connectivity index (χ3v) is 2.36. The van der Waals surface area contributed by atoms with Crippen LogP contribution in [-0.2, 0) is 0 Å². The maximum atomic E-state index is 9.27. The molecule has 0 radical (unpaired) electrons. The standard InChI is InChI=1S/C6H9NOS2/c1-2-5(8)4-3-10-6(9)7-4/h3,5,8H,2H2,1H3,(H,7,9). The van der Waals surface area contributed by atoms with Crippen molar-refractivity contribution >= 4 is 23.6 Å². The van der Waals surface area contributed by atoms with Crippen LogP contribution < -0.4 is 0 Å². The Labute approximate surface area is 68.5 Å². The Morgan fingerprint density at radius 1 is 1.90 bits per heavy atom. The van der Waals surface area contributed by atoms with Gasteiger partial charge in [-0.15, -0.1) is 11.3 Å². The topological polar surface area (TPSA) is 36.0 Å². The lowest BCUT2D eigenvalue weighted by Crippen LogP contribution is -1.93. The monoisotopic (exact) mass is 175 g/mol. The Kier molecular flexibility index (Phi) is 2.59. The zero-order valence-corrected chi connectivity index (χ0v) is 7.26. The van der Waals surface area contributed by atoms with Gasteiger partial charge in [0, 0.05) is 5.38 Å². The average Bonchev–Trinajstić information content (AvgIpc) is 2.34. The zero-order valence-electron chi connectivity index (χ0n) is 5.63. The van der Waals surface area contributed by atoms with Gasteiger partial charge >= 0.3 is 0 Å². The molecular weight excluding hydrogens is 166 g/mol. The normalized spacial score (nSPS) is 13.4. The van der Waals surface area contributed by atoms with Crippen LogP contribution in [0.15, 0.2) is 5.38 Å². The minimum absolute atomic E-state index is 0.382. The van der Waals surface area contributed by atoms with E-state index in [0.29, 0.717) is 0 Å². The highest BCUT2D eigenvalue weighted by Crippen LogP contribution is 2.16. The molecule has 0 aliphatic heterocycles. The molecule has 1 atom stereocenters. The van der Waals surface area contributed by atoms with Crippen LogP contribution in [0.25, 0.3) is 0 Å². The van der Waals surface area contributed by atoms with E-state index < -0.39 is 0 Å². The number of aromatic nitrogens is 1. The number of aliphatic hydroxyl groups is 1. The summed E-state index contributed by atoms with van der Waals surface area (Å²) in [5.74, 6) is 0. The van der Waals surface area contributed by atoms with Crippen LogP contribution in [-0.4, -0.2) is 10.1 Å². The van der Waals surface area contributed by atoms with Gasteiger partial charge in [0.05, 0.1) is 11.8 Å². The molecule has 0 aliphatic carbocycles. The largest absolute Gasteiger partial charge is 0.387 e. The number of rotatable bonds is 2. The molecule has 4 heteroatoms. The van der Waals surface area contributed by atoms with Gasteiger partial charge in [0.25, 0.3) is 0 Å². The molecule has 0 saturated carbocycles. The van der Waals surface area contributed by atoms with Crippen molar-refractivity contribution in [3.05, 3.63) is 15.0 Å². The maximum absolute atomic E-state index is 9.27. The third-order valence-electron chi connectivity index (χ3n) is 1.29. The molecule has 0 amide bonds. The second-order valence-electron chi connectivity index (χ2n) is 2.03. The van der Waals surface area contributed by atoms with Gasteiger partial charge in [0.1, 0.15) is 0 Å². The van der Waals surface area contributed by atoms with Crippen LogP contribution in [0, 0.1) is 3.95 Å². The molecule has 0 spiro atoms. The molecular formula is C6H9NOS2. The second-order valence-corrected chi connectivity index (χ2v) is 3.57. The Balaban J connectivity index is 2.84. The van der Waals surface area contributed by atoms with E-state index in [-0.39, 0.29) is 6.10 Å². The quantitative estimate of drug-likeness (QED) is 0.676. The van der Waals surface area contributed by atoms with Gasteiger partial charge < -0.3 is 10.1 Å². The minimum Gasteiger partial charge on any atom is -0.387 e. The van der Waals surface area contributed by atoms with Crippen LogP contribution in [0.4, 0.5) is 0 Å². The first-order chi connectivity index (χ1) is 4.74. The fourth-order valence-corrected chi connectivity index (χ4v) is 1.56. The summed E-state index contributed by atoms with van der Waals surface area (Å²) in [6.45, 7) is 1.93. The van der Waals surface area contributed by atoms with Crippen molar-refractivity contribution in [3.63, 3.8) is 0 Å². The molecule has 1 rings (SSSR count). The van der Waals surface area contributed by atoms with E-state index >= 15 is 0 Å². The first-order valence-corrected chi connectivity index (χ1v) is 4.38. The van der Waals surface area contributed by atoms with Gasteiger partial charge in [0.2, 0.25) is 0 Å². The minimum atomic E-state index is -0.382. The van der Waals surface area contributed by atoms with E-state index in [2.05, 4.69) is 4.98 Å². The number of aromatic amines is 1. The van der Waals surface area contributed by atoms with Crippen molar-refractivity contribution in [2.24, 2.45) is 0 Å². The average molecular weight is 175 g/mol. The first-order valence-electron chi connectivity index (χ1n) is 3.09. The van der Waals surface area contributed by atoms with Crippen LogP contribution in [0.1, 0.15) is 25.1 Å². The highest BCUT2D eigenvalue weighted by atomic mass is 32.1.